The van der Waals surface area contributed by atoms with Crippen LogP contribution in [0.4, 0.5) is 35.7 Å². The Morgan fingerprint density at radius 1 is 0.200 bits per heavy atom. The van der Waals surface area contributed by atoms with E-state index >= 15 is 0 Å². The predicted molar refractivity (Wildman–Crippen MR) is 346 cm³/mol. The number of benzene rings is 2. The van der Waals surface area contributed by atoms with E-state index in [0.717, 1.165) is 107 Å². The molecule has 0 spiro atoms. The van der Waals surface area contributed by atoms with Gasteiger partial charge in [0.15, 0.2) is 0 Å². The fraction of sp³-hybridized carbons (Fsp3) is 0.455. The summed E-state index contributed by atoms with van der Waals surface area (Å²) in [5, 5.41) is 21.3. The van der Waals surface area contributed by atoms with Gasteiger partial charge in [0.05, 0.1) is 0 Å². The maximum absolute atomic E-state index is 4.64. The van der Waals surface area contributed by atoms with Crippen LogP contribution in [0.1, 0.15) is 177 Å². The van der Waals surface area contributed by atoms with Gasteiger partial charge in [-0.3, -0.25) is 0 Å². The van der Waals surface area contributed by atoms with Crippen molar-refractivity contribution in [3.63, 3.8) is 0 Å². The van der Waals surface area contributed by atoms with Crippen LogP contribution in [0.25, 0.3) is 0 Å². The van der Waals surface area contributed by atoms with Crippen molar-refractivity contribution < 1.29 is 5.48 Å². The molecule has 0 saturated heterocycles. The maximum atomic E-state index is 4.64. The first-order valence-electron chi connectivity index (χ1n) is 29.9. The molecule has 8 aromatic rings. The molecule has 452 valence electrons. The zero-order valence-corrected chi connectivity index (χ0v) is 53.8. The minimum absolute atomic E-state index is 0. The van der Waals surface area contributed by atoms with Gasteiger partial charge in [-0.2, -0.15) is 0 Å². The van der Waals surface area contributed by atoms with Gasteiger partial charge >= 0.3 is 0 Å². The molecule has 8 N–H and O–H groups in total. The average Bonchev–Trinajstić information content (AvgIpc) is 3.55. The van der Waals surface area contributed by atoms with Crippen LogP contribution in [0.3, 0.4) is 0 Å². The first-order valence-corrected chi connectivity index (χ1v) is 29.9. The molecular formula is C66H92N18O. The molecule has 0 amide bonds. The summed E-state index contributed by atoms with van der Waals surface area (Å²) < 4.78 is 0. The Balaban J connectivity index is 0.000000269. The topological polar surface area (TPSA) is 258 Å². The molecule has 85 heavy (non-hydrogen) atoms. The van der Waals surface area contributed by atoms with Gasteiger partial charge in [-0.25, -0.2) is 59.8 Å². The van der Waals surface area contributed by atoms with E-state index in [9.17, 15) is 0 Å². The van der Waals surface area contributed by atoms with E-state index in [0.29, 0.717) is 75.0 Å². The minimum atomic E-state index is 0. The lowest BCUT2D eigenvalue weighted by Gasteiger charge is -2.27. The molecule has 19 heteroatoms. The van der Waals surface area contributed by atoms with Gasteiger partial charge in [0.25, 0.3) is 0 Å². The van der Waals surface area contributed by atoms with E-state index in [1.54, 1.807) is 0 Å². The zero-order chi connectivity index (χ0) is 60.8. The first-order chi connectivity index (χ1) is 40.2. The number of anilines is 6. The predicted octanol–water partition coefficient (Wildman–Crippen LogP) is 12.0. The Kier molecular flexibility index (Phi) is 23.6. The number of aromatic nitrogens is 12. The molecule has 0 atom stereocenters. The molecule has 0 bridgehead atoms. The summed E-state index contributed by atoms with van der Waals surface area (Å²) >= 11 is 0. The van der Waals surface area contributed by atoms with Crippen molar-refractivity contribution in [2.24, 2.45) is 0 Å². The third kappa shape index (κ3) is 17.4. The Morgan fingerprint density at radius 2 is 0.306 bits per heavy atom. The van der Waals surface area contributed by atoms with E-state index in [-0.39, 0.29) is 5.48 Å². The summed E-state index contributed by atoms with van der Waals surface area (Å²) in [5.41, 5.74) is 27.4. The second-order valence-corrected chi connectivity index (χ2v) is 21.8. The highest BCUT2D eigenvalue weighted by Crippen LogP contribution is 2.34. The van der Waals surface area contributed by atoms with E-state index in [1.165, 1.54) is 66.8 Å². The Bertz CT molecular complexity index is 2830. The molecule has 0 aliphatic heterocycles. The van der Waals surface area contributed by atoms with Gasteiger partial charge < -0.3 is 37.4 Å². The quantitative estimate of drug-likeness (QED) is 0.0329. The van der Waals surface area contributed by atoms with Crippen LogP contribution >= 0.6 is 0 Å². The number of nitrogens with one attached hydrogen (secondary N) is 6. The number of hydrogen-bond donors (Lipinski definition) is 6. The van der Waals surface area contributed by atoms with Gasteiger partial charge in [-0.05, 0) is 225 Å². The highest BCUT2D eigenvalue weighted by atomic mass is 16.0. The van der Waals surface area contributed by atoms with Gasteiger partial charge in [0, 0.05) is 108 Å². The fourth-order valence-electron chi connectivity index (χ4n) is 11.9. The zero-order valence-electron chi connectivity index (χ0n) is 53.8. The lowest BCUT2D eigenvalue weighted by atomic mass is 9.83. The van der Waals surface area contributed by atoms with Crippen LogP contribution in [-0.4, -0.2) is 65.3 Å². The summed E-state index contributed by atoms with van der Waals surface area (Å²) in [6.07, 6.45) is 5.44. The van der Waals surface area contributed by atoms with E-state index in [4.69, 9.17) is 0 Å². The van der Waals surface area contributed by atoms with Crippen molar-refractivity contribution in [1.29, 1.82) is 0 Å². The molecule has 6 aromatic heterocycles. The molecule has 0 fully saturated rings. The Labute approximate surface area is 504 Å². The van der Waals surface area contributed by atoms with Crippen molar-refractivity contribution in [2.45, 2.75) is 202 Å². The molecule has 0 unspecified atom stereocenters. The molecule has 0 radical (unpaired) electrons. The summed E-state index contributed by atoms with van der Waals surface area (Å²) in [6, 6.07) is 12.0. The van der Waals surface area contributed by atoms with Crippen LogP contribution < -0.4 is 31.9 Å². The van der Waals surface area contributed by atoms with Crippen LogP contribution in [0.15, 0.2) is 36.4 Å². The number of hydrogen-bond acceptors (Lipinski definition) is 18. The molecule has 0 saturated carbocycles. The molecular weight excluding hydrogens is 1060 g/mol. The Hall–Kier alpha value is -8.32. The molecule has 8 rings (SSSR count). The third-order valence-corrected chi connectivity index (χ3v) is 14.9. The highest BCUT2D eigenvalue weighted by Gasteiger charge is 2.24. The normalized spacial score (nSPS) is 10.9. The van der Waals surface area contributed by atoms with Gasteiger partial charge in [-0.1, -0.05) is 41.5 Å². The van der Waals surface area contributed by atoms with Gasteiger partial charge in [-0.15, -0.1) is 0 Å². The van der Waals surface area contributed by atoms with Crippen molar-refractivity contribution in [3.05, 3.63) is 171 Å². The lowest BCUT2D eigenvalue weighted by Crippen LogP contribution is -2.20. The smallest absolute Gasteiger partial charge is 0.223 e. The van der Waals surface area contributed by atoms with Crippen LogP contribution in [-0.2, 0) is 77.8 Å². The monoisotopic (exact) mass is 1150 g/mol. The minimum Gasteiger partial charge on any atom is -0.412 e. The molecule has 0 aliphatic rings. The Morgan fingerprint density at radius 3 is 0.400 bits per heavy atom. The van der Waals surface area contributed by atoms with Crippen molar-refractivity contribution in [3.8, 4) is 0 Å². The SMILES string of the molecule is CCc1c(CNc2nc(C)cc(C)n2)c(CC)c(CNc2nc(C)cc(C)n2)c(CC)c1CNc1nc(C)cc(C)n1.CCc1c(CNc2nc(C)cc(C)n2)c(CC)c(CNc2nc(C)cc(C)n2)c(CC)c1CNc1nc(C)cc(C)n1.O. The number of nitrogens with zero attached hydrogens (tertiary/aromatic N) is 12. The van der Waals surface area contributed by atoms with E-state index < -0.39 is 0 Å². The van der Waals surface area contributed by atoms with Gasteiger partial charge in [0.1, 0.15) is 0 Å². The molecule has 0 aliphatic carbocycles. The van der Waals surface area contributed by atoms with Crippen molar-refractivity contribution in [2.75, 3.05) is 31.9 Å². The number of aryl methyl sites for hydroxylation is 12. The molecule has 2 aromatic carbocycles. The summed E-state index contributed by atoms with van der Waals surface area (Å²) in [4.78, 5) is 55.7. The summed E-state index contributed by atoms with van der Waals surface area (Å²) in [6.45, 7) is 41.3. The highest BCUT2D eigenvalue weighted by molar-refractivity contribution is 5.57. The van der Waals surface area contributed by atoms with E-state index in [2.05, 4.69) is 133 Å². The largest absolute Gasteiger partial charge is 0.412 e. The second kappa shape index (κ2) is 30.5. The van der Waals surface area contributed by atoms with E-state index in [1.807, 2.05) is 119 Å². The first kappa shape index (κ1) is 65.8. The maximum Gasteiger partial charge on any atom is 0.223 e. The lowest BCUT2D eigenvalue weighted by molar-refractivity contribution is 0.824. The van der Waals surface area contributed by atoms with Crippen LogP contribution in [0, 0.1) is 83.1 Å². The van der Waals surface area contributed by atoms with Crippen LogP contribution in [0.5, 0.6) is 0 Å². The molecule has 19 nitrogen and oxygen atoms in total. The third-order valence-electron chi connectivity index (χ3n) is 14.9. The van der Waals surface area contributed by atoms with Crippen molar-refractivity contribution >= 4 is 35.7 Å². The average molecular weight is 1150 g/mol. The number of rotatable bonds is 24. The van der Waals surface area contributed by atoms with Crippen LogP contribution in [0.2, 0.25) is 0 Å². The molecule has 6 heterocycles. The fourth-order valence-corrected chi connectivity index (χ4v) is 11.9. The summed E-state index contributed by atoms with van der Waals surface area (Å²) in [5.74, 6) is 3.93. The summed E-state index contributed by atoms with van der Waals surface area (Å²) in [7, 11) is 0. The standard InChI is InChI=1S/2C33H45N9.H2O/c2*1-10-25-28(16-34-31-37-19(4)13-20(5)38-31)26(11-2)30(18-36-33-41-23(8)15-24(9)42-33)27(12-3)29(25)17-35-32-39-21(6)14-22(7)40-32;/h2*13-15H,10-12,16-18H2,1-9H3,(H,34,37,38)(H,35,39,40)(H,36,41,42);1H2. The van der Waals surface area contributed by atoms with Gasteiger partial charge in [0.2, 0.25) is 35.7 Å². The van der Waals surface area contributed by atoms with Crippen molar-refractivity contribution in [1.82, 2.24) is 59.8 Å². The second-order valence-electron chi connectivity index (χ2n) is 21.8.